The molecule has 6 heteroatoms. The second-order valence-corrected chi connectivity index (χ2v) is 8.91. The standard InChI is InChI=1S/C25H30N4O2/c1-18(2)16-29-25(31)22-8-4-3-7-21(22)23(27-29)24(30)26-15-19-9-11-20(12-10-19)17-28-13-5-6-14-28/h3-4,7-12,18H,5-6,13-17H2,1-2H3,(H,26,30)/p+1. The Labute approximate surface area is 182 Å². The number of hydrogen-bond acceptors (Lipinski definition) is 3. The summed E-state index contributed by atoms with van der Waals surface area (Å²) >= 11 is 0. The lowest BCUT2D eigenvalue weighted by atomic mass is 10.1. The molecule has 162 valence electrons. The summed E-state index contributed by atoms with van der Waals surface area (Å²) in [5, 5.41) is 8.51. The van der Waals surface area contributed by atoms with E-state index in [1.165, 1.54) is 36.2 Å². The normalized spacial score (nSPS) is 14.4. The SMILES string of the molecule is CC(C)Cn1nc(C(=O)NCc2ccc(C[NH+]3CCCC3)cc2)c2ccccc2c1=O. The van der Waals surface area contributed by atoms with Gasteiger partial charge in [0.2, 0.25) is 0 Å². The molecule has 0 atom stereocenters. The van der Waals surface area contributed by atoms with Gasteiger partial charge in [0.05, 0.1) is 18.5 Å². The van der Waals surface area contributed by atoms with Gasteiger partial charge in [-0.1, -0.05) is 56.3 Å². The molecule has 2 heterocycles. The van der Waals surface area contributed by atoms with E-state index in [1.807, 2.05) is 26.0 Å². The van der Waals surface area contributed by atoms with E-state index in [2.05, 4.69) is 34.7 Å². The van der Waals surface area contributed by atoms with Crippen molar-refractivity contribution < 1.29 is 9.69 Å². The average molecular weight is 420 g/mol. The molecule has 0 aliphatic carbocycles. The van der Waals surface area contributed by atoms with E-state index in [9.17, 15) is 9.59 Å². The average Bonchev–Trinajstić information content (AvgIpc) is 3.28. The number of amides is 1. The van der Waals surface area contributed by atoms with Crippen molar-refractivity contribution in [2.45, 2.75) is 46.3 Å². The number of carbonyl (C=O) groups is 1. The second kappa shape index (κ2) is 9.43. The maximum Gasteiger partial charge on any atom is 0.274 e. The Morgan fingerprint density at radius 1 is 1.03 bits per heavy atom. The zero-order valence-electron chi connectivity index (χ0n) is 18.4. The highest BCUT2D eigenvalue weighted by molar-refractivity contribution is 6.04. The van der Waals surface area contributed by atoms with Crippen molar-refractivity contribution in [3.63, 3.8) is 0 Å². The van der Waals surface area contributed by atoms with Gasteiger partial charge in [0.25, 0.3) is 11.5 Å². The summed E-state index contributed by atoms with van der Waals surface area (Å²) in [6, 6.07) is 15.7. The fraction of sp³-hybridized carbons (Fsp3) is 0.400. The van der Waals surface area contributed by atoms with Crippen LogP contribution in [0.5, 0.6) is 0 Å². The van der Waals surface area contributed by atoms with E-state index in [-0.39, 0.29) is 17.4 Å². The molecule has 2 N–H and O–H groups in total. The molecular formula is C25H31N4O2+. The first kappa shape index (κ1) is 21.2. The predicted octanol–water partition coefficient (Wildman–Crippen LogP) is 2.16. The van der Waals surface area contributed by atoms with E-state index in [0.717, 1.165) is 12.1 Å². The number of aromatic nitrogens is 2. The van der Waals surface area contributed by atoms with Gasteiger partial charge in [-0.05, 0) is 17.5 Å². The Morgan fingerprint density at radius 3 is 2.35 bits per heavy atom. The molecule has 1 saturated heterocycles. The summed E-state index contributed by atoms with van der Waals surface area (Å²) in [4.78, 5) is 27.4. The van der Waals surface area contributed by atoms with Crippen LogP contribution in [0.2, 0.25) is 0 Å². The van der Waals surface area contributed by atoms with Gasteiger partial charge in [-0.15, -0.1) is 0 Å². The summed E-state index contributed by atoms with van der Waals surface area (Å²) in [5.74, 6) is -0.0116. The van der Waals surface area contributed by atoms with E-state index in [1.54, 1.807) is 17.0 Å². The lowest BCUT2D eigenvalue weighted by molar-refractivity contribution is -0.901. The smallest absolute Gasteiger partial charge is 0.274 e. The number of likely N-dealkylation sites (tertiary alicyclic amines) is 1. The molecule has 31 heavy (non-hydrogen) atoms. The van der Waals surface area contributed by atoms with Crippen LogP contribution in [-0.2, 0) is 19.6 Å². The van der Waals surface area contributed by atoms with E-state index in [4.69, 9.17) is 0 Å². The largest absolute Gasteiger partial charge is 0.347 e. The van der Waals surface area contributed by atoms with Crippen LogP contribution in [0.15, 0.2) is 53.3 Å². The Hall–Kier alpha value is -2.99. The Morgan fingerprint density at radius 2 is 1.68 bits per heavy atom. The molecule has 1 aliphatic rings. The summed E-state index contributed by atoms with van der Waals surface area (Å²) in [5.41, 5.74) is 2.52. The lowest BCUT2D eigenvalue weighted by Crippen LogP contribution is -3.08. The number of carbonyl (C=O) groups excluding carboxylic acids is 1. The first-order valence-corrected chi connectivity index (χ1v) is 11.2. The van der Waals surface area contributed by atoms with Gasteiger partial charge in [0.1, 0.15) is 6.54 Å². The molecule has 0 saturated carbocycles. The monoisotopic (exact) mass is 419 g/mol. The first-order valence-electron chi connectivity index (χ1n) is 11.2. The maximum absolute atomic E-state index is 13.0. The van der Waals surface area contributed by atoms with Gasteiger partial charge in [0.15, 0.2) is 5.69 Å². The van der Waals surface area contributed by atoms with Crippen LogP contribution >= 0.6 is 0 Å². The van der Waals surface area contributed by atoms with Crippen LogP contribution in [0.1, 0.15) is 48.3 Å². The molecule has 1 amide bonds. The highest BCUT2D eigenvalue weighted by atomic mass is 16.2. The molecular weight excluding hydrogens is 388 g/mol. The van der Waals surface area contributed by atoms with Crippen LogP contribution in [0.4, 0.5) is 0 Å². The number of rotatable bonds is 7. The van der Waals surface area contributed by atoms with Crippen LogP contribution in [0.3, 0.4) is 0 Å². The molecule has 3 aromatic rings. The third kappa shape index (κ3) is 5.02. The number of benzene rings is 2. The minimum Gasteiger partial charge on any atom is -0.347 e. The van der Waals surface area contributed by atoms with Crippen molar-refractivity contribution in [3.8, 4) is 0 Å². The Kier molecular flexibility index (Phi) is 6.47. The molecule has 2 aromatic carbocycles. The van der Waals surface area contributed by atoms with Gasteiger partial charge in [-0.25, -0.2) is 4.68 Å². The number of fused-ring (bicyclic) bond motifs is 1. The minimum atomic E-state index is -0.265. The molecule has 4 rings (SSSR count). The molecule has 0 spiro atoms. The first-order chi connectivity index (χ1) is 15.0. The molecule has 0 radical (unpaired) electrons. The highest BCUT2D eigenvalue weighted by Crippen LogP contribution is 2.14. The summed E-state index contributed by atoms with van der Waals surface area (Å²) in [7, 11) is 0. The summed E-state index contributed by atoms with van der Waals surface area (Å²) in [6.07, 6.45) is 2.65. The topological polar surface area (TPSA) is 68.4 Å². The number of quaternary nitrogens is 1. The van der Waals surface area contributed by atoms with Crippen molar-refractivity contribution in [3.05, 3.63) is 75.7 Å². The van der Waals surface area contributed by atoms with Crippen LogP contribution < -0.4 is 15.8 Å². The third-order valence-corrected chi connectivity index (χ3v) is 5.86. The Balaban J connectivity index is 1.49. The van der Waals surface area contributed by atoms with Crippen molar-refractivity contribution in [2.75, 3.05) is 13.1 Å². The predicted molar refractivity (Wildman–Crippen MR) is 122 cm³/mol. The highest BCUT2D eigenvalue weighted by Gasteiger charge is 2.18. The molecule has 6 nitrogen and oxygen atoms in total. The number of nitrogens with one attached hydrogen (secondary N) is 2. The molecule has 1 aromatic heterocycles. The van der Waals surface area contributed by atoms with Gasteiger partial charge >= 0.3 is 0 Å². The zero-order valence-corrected chi connectivity index (χ0v) is 18.4. The fourth-order valence-corrected chi connectivity index (χ4v) is 4.25. The molecule has 0 unspecified atom stereocenters. The van der Waals surface area contributed by atoms with Crippen molar-refractivity contribution in [1.29, 1.82) is 0 Å². The van der Waals surface area contributed by atoms with Gasteiger partial charge in [0, 0.05) is 36.9 Å². The van der Waals surface area contributed by atoms with Crippen molar-refractivity contribution in [1.82, 2.24) is 15.1 Å². The van der Waals surface area contributed by atoms with Gasteiger partial charge in [-0.3, -0.25) is 9.59 Å². The van der Waals surface area contributed by atoms with Crippen LogP contribution in [0, 0.1) is 5.92 Å². The van der Waals surface area contributed by atoms with Crippen LogP contribution in [-0.4, -0.2) is 28.8 Å². The minimum absolute atomic E-state index is 0.156. The lowest BCUT2D eigenvalue weighted by Gasteiger charge is -2.13. The fourth-order valence-electron chi connectivity index (χ4n) is 4.25. The van der Waals surface area contributed by atoms with Crippen molar-refractivity contribution in [2.24, 2.45) is 5.92 Å². The second-order valence-electron chi connectivity index (χ2n) is 8.91. The molecule has 1 fully saturated rings. The zero-order chi connectivity index (χ0) is 21.8. The molecule has 0 bridgehead atoms. The quantitative estimate of drug-likeness (QED) is 0.617. The number of nitrogens with zero attached hydrogens (tertiary/aromatic N) is 2. The summed E-state index contributed by atoms with van der Waals surface area (Å²) in [6.45, 7) is 8.55. The molecule has 1 aliphatic heterocycles. The summed E-state index contributed by atoms with van der Waals surface area (Å²) < 4.78 is 1.41. The number of hydrogen-bond donors (Lipinski definition) is 2. The Bertz CT molecular complexity index is 1110. The van der Waals surface area contributed by atoms with E-state index in [0.29, 0.717) is 29.6 Å². The van der Waals surface area contributed by atoms with E-state index >= 15 is 0 Å². The van der Waals surface area contributed by atoms with Gasteiger partial charge < -0.3 is 10.2 Å². The van der Waals surface area contributed by atoms with Crippen LogP contribution in [0.25, 0.3) is 10.8 Å². The van der Waals surface area contributed by atoms with Gasteiger partial charge in [-0.2, -0.15) is 5.10 Å². The maximum atomic E-state index is 13.0. The van der Waals surface area contributed by atoms with E-state index < -0.39 is 0 Å². The van der Waals surface area contributed by atoms with Crippen molar-refractivity contribution >= 4 is 16.7 Å². The third-order valence-electron chi connectivity index (χ3n) is 5.86.